The average molecular weight is 238 g/mol. The topological polar surface area (TPSA) is 61.0 Å². The van der Waals surface area contributed by atoms with E-state index in [1.807, 2.05) is 0 Å². The van der Waals surface area contributed by atoms with Gasteiger partial charge in [-0.15, -0.1) is 0 Å². The molecule has 0 radical (unpaired) electrons. The first-order chi connectivity index (χ1) is 8.26. The van der Waals surface area contributed by atoms with Crippen LogP contribution in [0.1, 0.15) is 26.0 Å². The first kappa shape index (κ1) is 13.9. The zero-order valence-electron chi connectivity index (χ0n) is 10.7. The third-order valence-electron chi connectivity index (χ3n) is 2.77. The van der Waals surface area contributed by atoms with Crippen molar-refractivity contribution in [2.75, 3.05) is 26.2 Å². The predicted octanol–water partition coefficient (Wildman–Crippen LogP) is 0.591. The minimum Gasteiger partial charge on any atom is -0.311 e. The smallest absolute Gasteiger partial charge is 0.264 e. The summed E-state index contributed by atoms with van der Waals surface area (Å²) >= 11 is 0. The molecule has 0 bridgehead atoms. The van der Waals surface area contributed by atoms with Crippen molar-refractivity contribution in [3.8, 4) is 0 Å². The largest absolute Gasteiger partial charge is 0.311 e. The lowest BCUT2D eigenvalue weighted by Crippen LogP contribution is -2.27. The van der Waals surface area contributed by atoms with Gasteiger partial charge in [-0.2, -0.15) is 5.10 Å². The second-order valence-electron chi connectivity index (χ2n) is 3.97. The molecule has 0 atom stereocenters. The molecule has 1 heterocycles. The van der Waals surface area contributed by atoms with Crippen LogP contribution in [-0.2, 0) is 6.54 Å². The molecule has 0 aliphatic heterocycles. The Morgan fingerprint density at radius 2 is 2.12 bits per heavy atom. The number of aromatic nitrogens is 2. The Morgan fingerprint density at radius 1 is 1.35 bits per heavy atom. The van der Waals surface area contributed by atoms with Gasteiger partial charge in [0.2, 0.25) is 0 Å². The summed E-state index contributed by atoms with van der Waals surface area (Å²) in [5.74, 6) is 0. The maximum absolute atomic E-state index is 10.8. The van der Waals surface area contributed by atoms with Gasteiger partial charge in [-0.1, -0.05) is 13.8 Å². The fraction of sp³-hybridized carbons (Fsp3) is 0.667. The molecule has 1 rings (SSSR count). The van der Waals surface area contributed by atoms with Gasteiger partial charge in [0.05, 0.1) is 5.69 Å². The van der Waals surface area contributed by atoms with Crippen molar-refractivity contribution in [2.24, 2.45) is 0 Å². The zero-order valence-corrected chi connectivity index (χ0v) is 10.7. The van der Waals surface area contributed by atoms with Gasteiger partial charge >= 0.3 is 0 Å². The van der Waals surface area contributed by atoms with Crippen molar-refractivity contribution >= 4 is 0 Å². The van der Waals surface area contributed by atoms with Crippen LogP contribution < -0.4 is 10.9 Å². The Morgan fingerprint density at radius 3 is 2.71 bits per heavy atom. The van der Waals surface area contributed by atoms with Crippen LogP contribution in [0.2, 0.25) is 0 Å². The minimum atomic E-state index is -0.157. The van der Waals surface area contributed by atoms with Crippen molar-refractivity contribution < 1.29 is 0 Å². The summed E-state index contributed by atoms with van der Waals surface area (Å²) in [6.07, 6.45) is 1.13. The summed E-state index contributed by atoms with van der Waals surface area (Å²) < 4.78 is 0. The third-order valence-corrected chi connectivity index (χ3v) is 2.77. The molecule has 0 aliphatic carbocycles. The SMILES string of the molecule is CCN(CC)CCCNCc1ccc(=O)[nH]n1. The minimum absolute atomic E-state index is 0.157. The number of hydrogen-bond acceptors (Lipinski definition) is 4. The van der Waals surface area contributed by atoms with Gasteiger partial charge < -0.3 is 10.2 Å². The van der Waals surface area contributed by atoms with Crippen LogP contribution in [0.25, 0.3) is 0 Å². The van der Waals surface area contributed by atoms with Crippen LogP contribution in [0.4, 0.5) is 0 Å². The Labute approximate surface area is 102 Å². The van der Waals surface area contributed by atoms with E-state index in [1.165, 1.54) is 6.07 Å². The summed E-state index contributed by atoms with van der Waals surface area (Å²) in [5, 5.41) is 9.67. The van der Waals surface area contributed by atoms with E-state index in [1.54, 1.807) is 6.07 Å². The van der Waals surface area contributed by atoms with Crippen LogP contribution in [0.5, 0.6) is 0 Å². The third kappa shape index (κ3) is 5.60. The molecule has 0 amide bonds. The molecule has 0 saturated heterocycles. The lowest BCUT2D eigenvalue weighted by molar-refractivity contribution is 0.298. The summed E-state index contributed by atoms with van der Waals surface area (Å²) in [7, 11) is 0. The Balaban J connectivity index is 2.12. The molecule has 5 heteroatoms. The number of hydrogen-bond donors (Lipinski definition) is 2. The van der Waals surface area contributed by atoms with E-state index in [0.717, 1.165) is 38.3 Å². The molecule has 0 aromatic carbocycles. The van der Waals surface area contributed by atoms with E-state index in [9.17, 15) is 4.79 Å². The first-order valence-electron chi connectivity index (χ1n) is 6.24. The van der Waals surface area contributed by atoms with Crippen LogP contribution in [0, 0.1) is 0 Å². The Hall–Kier alpha value is -1.20. The van der Waals surface area contributed by atoms with Crippen LogP contribution in [0.3, 0.4) is 0 Å². The second-order valence-corrected chi connectivity index (χ2v) is 3.97. The van der Waals surface area contributed by atoms with Crippen molar-refractivity contribution in [3.63, 3.8) is 0 Å². The molecule has 5 nitrogen and oxygen atoms in total. The van der Waals surface area contributed by atoms with Gasteiger partial charge in [0, 0.05) is 12.6 Å². The molecule has 0 fully saturated rings. The fourth-order valence-corrected chi connectivity index (χ4v) is 1.66. The van der Waals surface area contributed by atoms with E-state index in [4.69, 9.17) is 0 Å². The highest BCUT2D eigenvalue weighted by Gasteiger charge is 1.98. The van der Waals surface area contributed by atoms with Crippen LogP contribution >= 0.6 is 0 Å². The lowest BCUT2D eigenvalue weighted by atomic mass is 10.3. The van der Waals surface area contributed by atoms with Crippen molar-refractivity contribution in [2.45, 2.75) is 26.8 Å². The van der Waals surface area contributed by atoms with Gasteiger partial charge in [0.1, 0.15) is 0 Å². The lowest BCUT2D eigenvalue weighted by Gasteiger charge is -2.17. The van der Waals surface area contributed by atoms with Crippen LogP contribution in [0.15, 0.2) is 16.9 Å². The summed E-state index contributed by atoms with van der Waals surface area (Å²) in [6.45, 7) is 9.38. The molecular formula is C12H22N4O. The quantitative estimate of drug-likeness (QED) is 0.651. The van der Waals surface area contributed by atoms with E-state index in [-0.39, 0.29) is 5.56 Å². The molecular weight excluding hydrogens is 216 g/mol. The molecule has 96 valence electrons. The molecule has 0 unspecified atom stereocenters. The van der Waals surface area contributed by atoms with Crippen molar-refractivity contribution in [1.29, 1.82) is 0 Å². The Kier molecular flexibility index (Phi) is 6.50. The fourth-order valence-electron chi connectivity index (χ4n) is 1.66. The predicted molar refractivity (Wildman–Crippen MR) is 69.0 cm³/mol. The first-order valence-corrected chi connectivity index (χ1v) is 6.24. The van der Waals surface area contributed by atoms with E-state index in [2.05, 4.69) is 34.3 Å². The molecule has 0 aliphatic rings. The Bertz CT molecular complexity index is 339. The molecule has 1 aromatic heterocycles. The molecule has 0 saturated carbocycles. The number of nitrogens with zero attached hydrogens (tertiary/aromatic N) is 2. The number of H-pyrrole nitrogens is 1. The van der Waals surface area contributed by atoms with Gasteiger partial charge in [-0.3, -0.25) is 4.79 Å². The van der Waals surface area contributed by atoms with Gasteiger partial charge in [-0.05, 0) is 38.7 Å². The number of aromatic amines is 1. The highest BCUT2D eigenvalue weighted by molar-refractivity contribution is 4.98. The second kappa shape index (κ2) is 7.97. The summed E-state index contributed by atoms with van der Waals surface area (Å²) in [5.41, 5.74) is 0.711. The number of rotatable bonds is 8. The zero-order chi connectivity index (χ0) is 12.5. The van der Waals surface area contributed by atoms with Crippen molar-refractivity contribution in [3.05, 3.63) is 28.2 Å². The average Bonchev–Trinajstić information content (AvgIpc) is 2.36. The van der Waals surface area contributed by atoms with E-state index in [0.29, 0.717) is 6.54 Å². The highest BCUT2D eigenvalue weighted by atomic mass is 16.1. The number of nitrogens with one attached hydrogen (secondary N) is 2. The van der Waals surface area contributed by atoms with E-state index < -0.39 is 0 Å². The van der Waals surface area contributed by atoms with Gasteiger partial charge in [-0.25, -0.2) is 5.10 Å². The van der Waals surface area contributed by atoms with Gasteiger partial charge in [0.15, 0.2) is 0 Å². The standard InChI is InChI=1S/C12H22N4O/c1-3-16(4-2)9-5-8-13-10-11-6-7-12(17)15-14-11/h6-7,13H,3-5,8-10H2,1-2H3,(H,15,17). The van der Waals surface area contributed by atoms with Crippen molar-refractivity contribution in [1.82, 2.24) is 20.4 Å². The van der Waals surface area contributed by atoms with E-state index >= 15 is 0 Å². The maximum Gasteiger partial charge on any atom is 0.264 e. The maximum atomic E-state index is 10.8. The molecule has 0 spiro atoms. The monoisotopic (exact) mass is 238 g/mol. The van der Waals surface area contributed by atoms with Crippen LogP contribution in [-0.4, -0.2) is 41.3 Å². The normalized spacial score (nSPS) is 11.0. The van der Waals surface area contributed by atoms with Gasteiger partial charge in [0.25, 0.3) is 5.56 Å². The molecule has 2 N–H and O–H groups in total. The highest BCUT2D eigenvalue weighted by Crippen LogP contribution is 1.91. The molecule has 1 aromatic rings. The summed E-state index contributed by atoms with van der Waals surface area (Å²) in [6, 6.07) is 3.25. The molecule has 17 heavy (non-hydrogen) atoms. The summed E-state index contributed by atoms with van der Waals surface area (Å²) in [4.78, 5) is 13.2.